The predicted molar refractivity (Wildman–Crippen MR) is 76.3 cm³/mol. The first kappa shape index (κ1) is 16.8. The first-order valence-electron chi connectivity index (χ1n) is 6.58. The van der Waals surface area contributed by atoms with Crippen molar-refractivity contribution in [2.75, 3.05) is 31.5 Å². The first-order chi connectivity index (χ1) is 9.90. The Hall–Kier alpha value is -2.22. The summed E-state index contributed by atoms with van der Waals surface area (Å²) in [6, 6.07) is 1.58. The van der Waals surface area contributed by atoms with Crippen LogP contribution in [0.1, 0.15) is 24.2 Å². The number of hydrogen-bond donors (Lipinski definition) is 2. The summed E-state index contributed by atoms with van der Waals surface area (Å²) in [5.41, 5.74) is -1.18. The van der Waals surface area contributed by atoms with Gasteiger partial charge < -0.3 is 15.3 Å². The standard InChI is InChI=1S/C13H18FN3O4/c1-3-16(4-2)6-5-15-11-8-10(14)9(13(18)19)7-12(11)17(20)21/h7-8,15H,3-6H2,1-2H3,(H,18,19). The van der Waals surface area contributed by atoms with Gasteiger partial charge in [0.15, 0.2) is 0 Å². The number of benzene rings is 1. The van der Waals surface area contributed by atoms with Gasteiger partial charge in [-0.1, -0.05) is 13.8 Å². The highest BCUT2D eigenvalue weighted by atomic mass is 19.1. The molecule has 0 atom stereocenters. The SMILES string of the molecule is CCN(CC)CCNc1cc(F)c(C(=O)O)cc1[N+](=O)[O-]. The Morgan fingerprint density at radius 2 is 2.05 bits per heavy atom. The molecule has 116 valence electrons. The van der Waals surface area contributed by atoms with Gasteiger partial charge >= 0.3 is 5.97 Å². The Bertz CT molecular complexity index is 532. The van der Waals surface area contributed by atoms with Gasteiger partial charge in [0.1, 0.15) is 17.1 Å². The van der Waals surface area contributed by atoms with E-state index in [2.05, 4.69) is 10.2 Å². The topological polar surface area (TPSA) is 95.7 Å². The highest BCUT2D eigenvalue weighted by Gasteiger charge is 2.21. The maximum Gasteiger partial charge on any atom is 0.338 e. The van der Waals surface area contributed by atoms with Crippen LogP contribution >= 0.6 is 0 Å². The minimum absolute atomic E-state index is 0.0188. The van der Waals surface area contributed by atoms with Gasteiger partial charge in [0.25, 0.3) is 5.69 Å². The fourth-order valence-corrected chi connectivity index (χ4v) is 1.91. The number of carboxylic acid groups (broad SMARTS) is 1. The molecule has 1 aromatic rings. The average molecular weight is 299 g/mol. The number of nitro groups is 1. The summed E-state index contributed by atoms with van der Waals surface area (Å²) in [5, 5.41) is 22.5. The van der Waals surface area contributed by atoms with Crippen molar-refractivity contribution < 1.29 is 19.2 Å². The van der Waals surface area contributed by atoms with E-state index in [9.17, 15) is 19.3 Å². The second kappa shape index (κ2) is 7.53. The maximum atomic E-state index is 13.6. The third-order valence-electron chi connectivity index (χ3n) is 3.15. The normalized spacial score (nSPS) is 10.7. The van der Waals surface area contributed by atoms with Crippen LogP contribution in [0.25, 0.3) is 0 Å². The lowest BCUT2D eigenvalue weighted by Gasteiger charge is -2.18. The molecule has 0 spiro atoms. The average Bonchev–Trinajstić information content (AvgIpc) is 2.42. The minimum Gasteiger partial charge on any atom is -0.478 e. The summed E-state index contributed by atoms with van der Waals surface area (Å²) in [7, 11) is 0. The van der Waals surface area contributed by atoms with Crippen LogP contribution in [0.3, 0.4) is 0 Å². The summed E-state index contributed by atoms with van der Waals surface area (Å²) in [4.78, 5) is 23.1. The molecule has 0 bridgehead atoms. The van der Waals surface area contributed by atoms with Crippen molar-refractivity contribution in [3.8, 4) is 0 Å². The lowest BCUT2D eigenvalue weighted by molar-refractivity contribution is -0.384. The van der Waals surface area contributed by atoms with Crippen LogP contribution in [0.2, 0.25) is 0 Å². The number of carboxylic acids is 1. The molecule has 1 aromatic carbocycles. The van der Waals surface area contributed by atoms with Crippen molar-refractivity contribution in [1.29, 1.82) is 0 Å². The molecule has 0 saturated carbocycles. The number of likely N-dealkylation sites (N-methyl/N-ethyl adjacent to an activating group) is 1. The number of aromatic carboxylic acids is 1. The molecule has 8 heteroatoms. The molecular weight excluding hydrogens is 281 g/mol. The van der Waals surface area contributed by atoms with Crippen LogP contribution in [0.4, 0.5) is 15.8 Å². The van der Waals surface area contributed by atoms with Crippen molar-refractivity contribution in [3.63, 3.8) is 0 Å². The van der Waals surface area contributed by atoms with Gasteiger partial charge in [0.2, 0.25) is 0 Å². The fraction of sp³-hybridized carbons (Fsp3) is 0.462. The quantitative estimate of drug-likeness (QED) is 0.564. The van der Waals surface area contributed by atoms with Crippen molar-refractivity contribution in [3.05, 3.63) is 33.6 Å². The van der Waals surface area contributed by atoms with Gasteiger partial charge in [0.05, 0.1) is 4.92 Å². The van der Waals surface area contributed by atoms with Gasteiger partial charge in [-0.15, -0.1) is 0 Å². The Labute approximate surface area is 121 Å². The van der Waals surface area contributed by atoms with Gasteiger partial charge in [-0.25, -0.2) is 9.18 Å². The number of carbonyl (C=O) groups is 1. The predicted octanol–water partition coefficient (Wildman–Crippen LogP) is 2.19. The number of nitrogens with one attached hydrogen (secondary N) is 1. The highest BCUT2D eigenvalue weighted by Crippen LogP contribution is 2.27. The zero-order chi connectivity index (χ0) is 16.0. The summed E-state index contributed by atoms with van der Waals surface area (Å²) in [5.74, 6) is -2.54. The van der Waals surface area contributed by atoms with Crippen LogP contribution in [0.5, 0.6) is 0 Å². The summed E-state index contributed by atoms with van der Waals surface area (Å²) in [6.07, 6.45) is 0. The monoisotopic (exact) mass is 299 g/mol. The largest absolute Gasteiger partial charge is 0.478 e. The molecule has 0 fully saturated rings. The van der Waals surface area contributed by atoms with E-state index >= 15 is 0 Å². The molecule has 0 aliphatic carbocycles. The number of nitrogens with zero attached hydrogens (tertiary/aromatic N) is 2. The number of halogens is 1. The number of nitro benzene ring substituents is 1. The van der Waals surface area contributed by atoms with E-state index in [4.69, 9.17) is 5.11 Å². The van der Waals surface area contributed by atoms with Gasteiger partial charge in [-0.3, -0.25) is 10.1 Å². The Kier molecular flexibility index (Phi) is 6.04. The number of anilines is 1. The molecule has 0 aromatic heterocycles. The molecule has 21 heavy (non-hydrogen) atoms. The van der Waals surface area contributed by atoms with E-state index in [1.807, 2.05) is 13.8 Å². The van der Waals surface area contributed by atoms with Gasteiger partial charge in [-0.05, 0) is 13.1 Å². The van der Waals surface area contributed by atoms with E-state index in [0.717, 1.165) is 25.2 Å². The molecule has 0 aliphatic rings. The maximum absolute atomic E-state index is 13.6. The molecule has 0 aliphatic heterocycles. The van der Waals surface area contributed by atoms with E-state index in [-0.39, 0.29) is 5.69 Å². The number of hydrogen-bond acceptors (Lipinski definition) is 5. The Morgan fingerprint density at radius 1 is 1.43 bits per heavy atom. The van der Waals surface area contributed by atoms with Crippen molar-refractivity contribution in [1.82, 2.24) is 4.90 Å². The number of rotatable bonds is 8. The minimum atomic E-state index is -1.54. The highest BCUT2D eigenvalue weighted by molar-refractivity contribution is 5.90. The van der Waals surface area contributed by atoms with Crippen LogP contribution < -0.4 is 5.32 Å². The molecule has 0 saturated heterocycles. The van der Waals surface area contributed by atoms with Crippen molar-refractivity contribution in [2.45, 2.75) is 13.8 Å². The smallest absolute Gasteiger partial charge is 0.338 e. The molecule has 0 unspecified atom stereocenters. The van der Waals surface area contributed by atoms with E-state index < -0.39 is 28.0 Å². The zero-order valence-corrected chi connectivity index (χ0v) is 11.9. The molecule has 0 amide bonds. The zero-order valence-electron chi connectivity index (χ0n) is 11.9. The van der Waals surface area contributed by atoms with Crippen LogP contribution in [0, 0.1) is 15.9 Å². The third kappa shape index (κ3) is 4.38. The van der Waals surface area contributed by atoms with Crippen LogP contribution in [0.15, 0.2) is 12.1 Å². The third-order valence-corrected chi connectivity index (χ3v) is 3.15. The molecule has 0 radical (unpaired) electrons. The molecule has 2 N–H and O–H groups in total. The first-order valence-corrected chi connectivity index (χ1v) is 6.58. The van der Waals surface area contributed by atoms with Crippen LogP contribution in [-0.2, 0) is 0 Å². The van der Waals surface area contributed by atoms with Crippen molar-refractivity contribution >= 4 is 17.3 Å². The van der Waals surface area contributed by atoms with E-state index in [1.165, 1.54) is 0 Å². The lowest BCUT2D eigenvalue weighted by atomic mass is 10.1. The summed E-state index contributed by atoms with van der Waals surface area (Å²) < 4.78 is 13.6. The second-order valence-electron chi connectivity index (χ2n) is 4.37. The molecular formula is C13H18FN3O4. The van der Waals surface area contributed by atoms with Crippen LogP contribution in [-0.4, -0.2) is 47.1 Å². The Balaban J connectivity index is 2.93. The van der Waals surface area contributed by atoms with Gasteiger partial charge in [0, 0.05) is 25.2 Å². The second-order valence-corrected chi connectivity index (χ2v) is 4.37. The molecule has 1 rings (SSSR count). The van der Waals surface area contributed by atoms with E-state index in [0.29, 0.717) is 13.1 Å². The molecule has 7 nitrogen and oxygen atoms in total. The lowest BCUT2D eigenvalue weighted by Crippen LogP contribution is -2.28. The van der Waals surface area contributed by atoms with Gasteiger partial charge in [-0.2, -0.15) is 0 Å². The van der Waals surface area contributed by atoms with Crippen molar-refractivity contribution in [2.24, 2.45) is 0 Å². The molecule has 0 heterocycles. The fourth-order valence-electron chi connectivity index (χ4n) is 1.91. The summed E-state index contributed by atoms with van der Waals surface area (Å²) in [6.45, 7) is 6.71. The Morgan fingerprint density at radius 3 is 2.52 bits per heavy atom. The van der Waals surface area contributed by atoms with E-state index in [1.54, 1.807) is 0 Å². The summed E-state index contributed by atoms with van der Waals surface area (Å²) >= 11 is 0.